The lowest BCUT2D eigenvalue weighted by molar-refractivity contribution is 0.204. The van der Waals surface area contributed by atoms with Gasteiger partial charge in [0.2, 0.25) is 0 Å². The fraction of sp³-hybridized carbons (Fsp3) is 0.833. The van der Waals surface area contributed by atoms with Crippen molar-refractivity contribution in [1.82, 2.24) is 4.90 Å². The summed E-state index contributed by atoms with van der Waals surface area (Å²) >= 11 is 0. The number of nitrogens with two attached hydrogens (primary N) is 1. The molecule has 1 aliphatic heterocycles. The third-order valence-corrected chi connectivity index (χ3v) is 3.56. The van der Waals surface area contributed by atoms with Gasteiger partial charge in [-0.3, -0.25) is 0 Å². The van der Waals surface area contributed by atoms with Crippen LogP contribution < -0.4 is 5.73 Å². The number of nitrogens with zero attached hydrogens (tertiary/aromatic N) is 1. The van der Waals surface area contributed by atoms with E-state index in [9.17, 15) is 0 Å². The van der Waals surface area contributed by atoms with E-state index in [1.807, 2.05) is 0 Å². The Hall–Kier alpha value is -0.340. The van der Waals surface area contributed by atoms with Gasteiger partial charge in [0.15, 0.2) is 0 Å². The summed E-state index contributed by atoms with van der Waals surface area (Å²) in [6.45, 7) is 3.72. The average Bonchev–Trinajstić information content (AvgIpc) is 2.70. The van der Waals surface area contributed by atoms with E-state index < -0.39 is 0 Å². The number of rotatable bonds is 3. The Morgan fingerprint density at radius 3 is 2.64 bits per heavy atom. The van der Waals surface area contributed by atoms with Crippen LogP contribution in [-0.2, 0) is 0 Å². The summed E-state index contributed by atoms with van der Waals surface area (Å²) in [6.07, 6.45) is 11.2. The smallest absolute Gasteiger partial charge is 0.00631 e. The molecule has 14 heavy (non-hydrogen) atoms. The van der Waals surface area contributed by atoms with E-state index in [0.717, 1.165) is 5.92 Å². The fourth-order valence-corrected chi connectivity index (χ4v) is 2.46. The van der Waals surface area contributed by atoms with Crippen molar-refractivity contribution in [3.8, 4) is 0 Å². The molecule has 1 heterocycles. The van der Waals surface area contributed by atoms with Crippen LogP contribution in [0, 0.1) is 5.92 Å². The first-order valence-electron chi connectivity index (χ1n) is 5.99. The van der Waals surface area contributed by atoms with Crippen LogP contribution in [0.1, 0.15) is 32.1 Å². The number of piperidine rings is 1. The third-order valence-electron chi connectivity index (χ3n) is 3.56. The largest absolute Gasteiger partial charge is 0.328 e. The Morgan fingerprint density at radius 2 is 2.00 bits per heavy atom. The summed E-state index contributed by atoms with van der Waals surface area (Å²) in [5.74, 6) is 0.866. The van der Waals surface area contributed by atoms with E-state index in [2.05, 4.69) is 17.1 Å². The molecule has 2 heteroatoms. The van der Waals surface area contributed by atoms with Gasteiger partial charge in [-0.2, -0.15) is 0 Å². The van der Waals surface area contributed by atoms with E-state index in [1.54, 1.807) is 0 Å². The van der Waals surface area contributed by atoms with Crippen LogP contribution in [0.5, 0.6) is 0 Å². The zero-order valence-electron chi connectivity index (χ0n) is 8.99. The fourth-order valence-electron chi connectivity index (χ4n) is 2.46. The molecule has 0 amide bonds. The number of hydrogen-bond acceptors (Lipinski definition) is 2. The van der Waals surface area contributed by atoms with Crippen molar-refractivity contribution in [3.05, 3.63) is 12.2 Å². The van der Waals surface area contributed by atoms with Gasteiger partial charge in [-0.25, -0.2) is 0 Å². The maximum atomic E-state index is 5.88. The molecule has 0 aromatic rings. The molecule has 2 aliphatic rings. The molecule has 0 radical (unpaired) electrons. The Bertz CT molecular complexity index is 192. The SMILES string of the molecule is NC1CCN(CCC2C=CCC2)CC1. The molecule has 1 fully saturated rings. The highest BCUT2D eigenvalue weighted by molar-refractivity contribution is 4.96. The van der Waals surface area contributed by atoms with E-state index in [1.165, 1.54) is 51.7 Å². The zero-order valence-corrected chi connectivity index (χ0v) is 8.99. The second-order valence-corrected chi connectivity index (χ2v) is 4.73. The van der Waals surface area contributed by atoms with Gasteiger partial charge in [0.25, 0.3) is 0 Å². The molecule has 0 aromatic heterocycles. The molecule has 80 valence electrons. The van der Waals surface area contributed by atoms with Gasteiger partial charge < -0.3 is 10.6 Å². The maximum absolute atomic E-state index is 5.88. The second kappa shape index (κ2) is 4.94. The van der Waals surface area contributed by atoms with Crippen molar-refractivity contribution < 1.29 is 0 Å². The second-order valence-electron chi connectivity index (χ2n) is 4.73. The molecule has 1 saturated heterocycles. The highest BCUT2D eigenvalue weighted by Gasteiger charge is 2.17. The van der Waals surface area contributed by atoms with Gasteiger partial charge in [-0.05, 0) is 57.7 Å². The number of likely N-dealkylation sites (tertiary alicyclic amines) is 1. The van der Waals surface area contributed by atoms with Gasteiger partial charge in [0.05, 0.1) is 0 Å². The monoisotopic (exact) mass is 194 g/mol. The molecule has 1 aliphatic carbocycles. The third kappa shape index (κ3) is 2.82. The predicted molar refractivity (Wildman–Crippen MR) is 60.1 cm³/mol. The Labute approximate surface area is 87.2 Å². The molecular weight excluding hydrogens is 172 g/mol. The first-order chi connectivity index (χ1) is 6.84. The molecule has 0 bridgehead atoms. The van der Waals surface area contributed by atoms with Crippen molar-refractivity contribution in [3.63, 3.8) is 0 Å². The summed E-state index contributed by atoms with van der Waals surface area (Å²) < 4.78 is 0. The highest BCUT2D eigenvalue weighted by Crippen LogP contribution is 2.21. The predicted octanol–water partition coefficient (Wildman–Crippen LogP) is 1.77. The Kier molecular flexibility index (Phi) is 3.60. The van der Waals surface area contributed by atoms with Gasteiger partial charge >= 0.3 is 0 Å². The molecule has 0 saturated carbocycles. The molecule has 2 nitrogen and oxygen atoms in total. The van der Waals surface area contributed by atoms with E-state index in [-0.39, 0.29) is 0 Å². The quantitative estimate of drug-likeness (QED) is 0.694. The van der Waals surface area contributed by atoms with Crippen LogP contribution >= 0.6 is 0 Å². The topological polar surface area (TPSA) is 29.3 Å². The molecular formula is C12H22N2. The summed E-state index contributed by atoms with van der Waals surface area (Å²) in [7, 11) is 0. The minimum absolute atomic E-state index is 0.470. The normalized spacial score (nSPS) is 29.9. The maximum Gasteiger partial charge on any atom is 0.00631 e. The lowest BCUT2D eigenvalue weighted by Crippen LogP contribution is -2.40. The summed E-state index contributed by atoms with van der Waals surface area (Å²) in [5.41, 5.74) is 5.88. The highest BCUT2D eigenvalue weighted by atomic mass is 15.1. The molecule has 2 rings (SSSR count). The minimum Gasteiger partial charge on any atom is -0.328 e. The van der Waals surface area contributed by atoms with Crippen molar-refractivity contribution in [1.29, 1.82) is 0 Å². The number of allylic oxidation sites excluding steroid dienone is 2. The Balaban J connectivity index is 1.63. The number of hydrogen-bond donors (Lipinski definition) is 1. The van der Waals surface area contributed by atoms with E-state index >= 15 is 0 Å². The lowest BCUT2D eigenvalue weighted by Gasteiger charge is -2.30. The average molecular weight is 194 g/mol. The molecule has 1 atom stereocenters. The zero-order chi connectivity index (χ0) is 9.80. The molecule has 2 N–H and O–H groups in total. The Morgan fingerprint density at radius 1 is 1.21 bits per heavy atom. The molecule has 1 unspecified atom stereocenters. The van der Waals surface area contributed by atoms with Crippen LogP contribution in [0.2, 0.25) is 0 Å². The van der Waals surface area contributed by atoms with E-state index in [0.29, 0.717) is 6.04 Å². The van der Waals surface area contributed by atoms with Gasteiger partial charge in [-0.15, -0.1) is 0 Å². The standard InChI is InChI=1S/C12H22N2/c13-12-6-9-14(10-7-12)8-5-11-3-1-2-4-11/h1,3,11-12H,2,4-10,13H2. The van der Waals surface area contributed by atoms with Crippen molar-refractivity contribution in [2.24, 2.45) is 11.7 Å². The van der Waals surface area contributed by atoms with Crippen molar-refractivity contribution in [2.45, 2.75) is 38.1 Å². The minimum atomic E-state index is 0.470. The van der Waals surface area contributed by atoms with Crippen LogP contribution in [0.3, 0.4) is 0 Å². The summed E-state index contributed by atoms with van der Waals surface area (Å²) in [5, 5.41) is 0. The van der Waals surface area contributed by atoms with Gasteiger partial charge in [-0.1, -0.05) is 12.2 Å². The van der Waals surface area contributed by atoms with Crippen LogP contribution in [0.25, 0.3) is 0 Å². The lowest BCUT2D eigenvalue weighted by atomic mass is 10.0. The summed E-state index contributed by atoms with van der Waals surface area (Å²) in [6, 6.07) is 0.470. The van der Waals surface area contributed by atoms with Gasteiger partial charge in [0, 0.05) is 6.04 Å². The van der Waals surface area contributed by atoms with Crippen LogP contribution in [-0.4, -0.2) is 30.6 Å². The van der Waals surface area contributed by atoms with Crippen molar-refractivity contribution >= 4 is 0 Å². The molecule has 0 aromatic carbocycles. The van der Waals surface area contributed by atoms with Crippen LogP contribution in [0.4, 0.5) is 0 Å². The van der Waals surface area contributed by atoms with Gasteiger partial charge in [0.1, 0.15) is 0 Å². The van der Waals surface area contributed by atoms with E-state index in [4.69, 9.17) is 5.73 Å². The van der Waals surface area contributed by atoms with Crippen molar-refractivity contribution in [2.75, 3.05) is 19.6 Å². The first-order valence-corrected chi connectivity index (χ1v) is 5.99. The molecule has 0 spiro atoms. The summed E-state index contributed by atoms with van der Waals surface area (Å²) in [4.78, 5) is 2.58. The van der Waals surface area contributed by atoms with Crippen LogP contribution in [0.15, 0.2) is 12.2 Å². The first kappa shape index (κ1) is 10.2.